The molecule has 0 amide bonds. The Labute approximate surface area is 109 Å². The molecule has 17 heavy (non-hydrogen) atoms. The summed E-state index contributed by atoms with van der Waals surface area (Å²) in [6.45, 7) is 3.71. The summed E-state index contributed by atoms with van der Waals surface area (Å²) < 4.78 is 3.30. The molecule has 0 aliphatic heterocycles. The fourth-order valence-electron chi connectivity index (χ4n) is 2.59. The SMILES string of the molecule is CC(=O)c1c(C)c2cc(Br)ccc2n1C1CC1. The molecule has 0 unspecified atom stereocenters. The minimum atomic E-state index is 0.168. The Morgan fingerprint density at radius 2 is 2.12 bits per heavy atom. The van der Waals surface area contributed by atoms with E-state index in [1.165, 1.54) is 23.7 Å². The third-order valence-corrected chi connectivity index (χ3v) is 3.96. The maximum absolute atomic E-state index is 11.8. The average Bonchev–Trinajstić information content (AvgIpc) is 3.05. The Morgan fingerprint density at radius 3 is 2.71 bits per heavy atom. The standard InChI is InChI=1S/C14H14BrNO/c1-8-12-7-10(15)3-6-13(12)16(11-4-5-11)14(8)9(2)17/h3,6-7,11H,4-5H2,1-2H3. The van der Waals surface area contributed by atoms with Gasteiger partial charge in [0.1, 0.15) is 0 Å². The lowest BCUT2D eigenvalue weighted by molar-refractivity contribution is 0.100. The van der Waals surface area contributed by atoms with Crippen molar-refractivity contribution in [2.45, 2.75) is 32.7 Å². The van der Waals surface area contributed by atoms with Gasteiger partial charge in [-0.25, -0.2) is 0 Å². The zero-order chi connectivity index (χ0) is 12.2. The molecule has 88 valence electrons. The molecule has 1 aliphatic rings. The van der Waals surface area contributed by atoms with E-state index in [-0.39, 0.29) is 5.78 Å². The molecule has 3 heteroatoms. The maximum atomic E-state index is 11.8. The van der Waals surface area contributed by atoms with Crippen molar-refractivity contribution in [2.24, 2.45) is 0 Å². The number of hydrogen-bond acceptors (Lipinski definition) is 1. The van der Waals surface area contributed by atoms with Crippen molar-refractivity contribution >= 4 is 32.6 Å². The van der Waals surface area contributed by atoms with Crippen molar-refractivity contribution in [3.8, 4) is 0 Å². The van der Waals surface area contributed by atoms with Crippen LogP contribution in [0.5, 0.6) is 0 Å². The monoisotopic (exact) mass is 291 g/mol. The minimum Gasteiger partial charge on any atom is -0.335 e. The van der Waals surface area contributed by atoms with E-state index in [4.69, 9.17) is 0 Å². The van der Waals surface area contributed by atoms with Gasteiger partial charge in [-0.15, -0.1) is 0 Å². The highest BCUT2D eigenvalue weighted by Crippen LogP contribution is 2.41. The molecule has 0 bridgehead atoms. The van der Waals surface area contributed by atoms with Gasteiger partial charge >= 0.3 is 0 Å². The molecular weight excluding hydrogens is 278 g/mol. The summed E-state index contributed by atoms with van der Waals surface area (Å²) in [4.78, 5) is 11.8. The van der Waals surface area contributed by atoms with E-state index in [2.05, 4.69) is 32.6 Å². The number of hydrogen-bond donors (Lipinski definition) is 0. The largest absolute Gasteiger partial charge is 0.335 e. The van der Waals surface area contributed by atoms with E-state index in [1.54, 1.807) is 6.92 Å². The molecule has 1 fully saturated rings. The Bertz CT molecular complexity index is 623. The van der Waals surface area contributed by atoms with Crippen LogP contribution >= 0.6 is 15.9 Å². The van der Waals surface area contributed by atoms with Crippen molar-refractivity contribution in [2.75, 3.05) is 0 Å². The van der Waals surface area contributed by atoms with Gasteiger partial charge in [0.2, 0.25) is 0 Å². The molecule has 1 saturated carbocycles. The predicted molar refractivity (Wildman–Crippen MR) is 72.7 cm³/mol. The number of aryl methyl sites for hydroxylation is 1. The topological polar surface area (TPSA) is 22.0 Å². The first-order valence-electron chi connectivity index (χ1n) is 5.90. The summed E-state index contributed by atoms with van der Waals surface area (Å²) in [5, 5.41) is 1.19. The van der Waals surface area contributed by atoms with Gasteiger partial charge in [0.15, 0.2) is 5.78 Å². The van der Waals surface area contributed by atoms with Gasteiger partial charge in [-0.1, -0.05) is 15.9 Å². The molecule has 3 rings (SSSR count). The summed E-state index contributed by atoms with van der Waals surface area (Å²) in [7, 11) is 0. The maximum Gasteiger partial charge on any atom is 0.176 e. The molecule has 2 nitrogen and oxygen atoms in total. The van der Waals surface area contributed by atoms with E-state index in [1.807, 2.05) is 13.0 Å². The van der Waals surface area contributed by atoms with Crippen molar-refractivity contribution in [3.63, 3.8) is 0 Å². The van der Waals surface area contributed by atoms with Crippen LogP contribution in [0.4, 0.5) is 0 Å². The summed E-state index contributed by atoms with van der Waals surface area (Å²) in [5.74, 6) is 0.168. The van der Waals surface area contributed by atoms with Crippen LogP contribution in [0.3, 0.4) is 0 Å². The summed E-state index contributed by atoms with van der Waals surface area (Å²) in [6.07, 6.45) is 2.39. The fraction of sp³-hybridized carbons (Fsp3) is 0.357. The van der Waals surface area contributed by atoms with Gasteiger partial charge in [0.05, 0.1) is 5.69 Å². The van der Waals surface area contributed by atoms with Crippen LogP contribution in [-0.2, 0) is 0 Å². The second kappa shape index (κ2) is 3.70. The fourth-order valence-corrected chi connectivity index (χ4v) is 2.95. The third kappa shape index (κ3) is 1.64. The lowest BCUT2D eigenvalue weighted by Gasteiger charge is -2.07. The van der Waals surface area contributed by atoms with Gasteiger partial charge in [-0.2, -0.15) is 0 Å². The lowest BCUT2D eigenvalue weighted by atomic mass is 10.1. The molecule has 1 aromatic heterocycles. The van der Waals surface area contributed by atoms with Crippen molar-refractivity contribution in [1.82, 2.24) is 4.57 Å². The lowest BCUT2D eigenvalue weighted by Crippen LogP contribution is -2.05. The van der Waals surface area contributed by atoms with Crippen LogP contribution in [0.15, 0.2) is 22.7 Å². The van der Waals surface area contributed by atoms with E-state index in [9.17, 15) is 4.79 Å². The minimum absolute atomic E-state index is 0.168. The molecule has 0 atom stereocenters. The number of aromatic nitrogens is 1. The van der Waals surface area contributed by atoms with Gasteiger partial charge in [0.25, 0.3) is 0 Å². The van der Waals surface area contributed by atoms with E-state index in [0.29, 0.717) is 6.04 Å². The van der Waals surface area contributed by atoms with Crippen molar-refractivity contribution < 1.29 is 4.79 Å². The molecule has 0 N–H and O–H groups in total. The molecule has 0 radical (unpaired) electrons. The molecule has 1 aromatic carbocycles. The summed E-state index contributed by atoms with van der Waals surface area (Å²) >= 11 is 3.50. The normalized spacial score (nSPS) is 15.5. The average molecular weight is 292 g/mol. The second-order valence-electron chi connectivity index (χ2n) is 4.79. The highest BCUT2D eigenvalue weighted by Gasteiger charge is 2.30. The Morgan fingerprint density at radius 1 is 1.41 bits per heavy atom. The second-order valence-corrected chi connectivity index (χ2v) is 5.71. The van der Waals surface area contributed by atoms with Crippen LogP contribution in [0.1, 0.15) is 41.9 Å². The van der Waals surface area contributed by atoms with E-state index >= 15 is 0 Å². The number of Topliss-reactive ketones (excluding diaryl/α,β-unsaturated/α-hetero) is 1. The summed E-state index contributed by atoms with van der Waals surface area (Å²) in [6, 6.07) is 6.80. The van der Waals surface area contributed by atoms with Gasteiger partial charge in [0, 0.05) is 28.3 Å². The number of carbonyl (C=O) groups is 1. The number of fused-ring (bicyclic) bond motifs is 1. The number of rotatable bonds is 2. The van der Waals surface area contributed by atoms with Gasteiger partial charge in [-0.05, 0) is 43.5 Å². The first kappa shape index (κ1) is 11.0. The van der Waals surface area contributed by atoms with Crippen LogP contribution in [0, 0.1) is 6.92 Å². The van der Waals surface area contributed by atoms with E-state index in [0.717, 1.165) is 15.7 Å². The van der Waals surface area contributed by atoms with Crippen LogP contribution < -0.4 is 0 Å². The Balaban J connectivity index is 2.40. The van der Waals surface area contributed by atoms with Crippen molar-refractivity contribution in [3.05, 3.63) is 33.9 Å². The number of halogens is 1. The first-order chi connectivity index (χ1) is 8.09. The van der Waals surface area contributed by atoms with Crippen LogP contribution in [-0.4, -0.2) is 10.4 Å². The molecule has 1 heterocycles. The zero-order valence-corrected chi connectivity index (χ0v) is 11.5. The van der Waals surface area contributed by atoms with Crippen LogP contribution in [0.2, 0.25) is 0 Å². The quantitative estimate of drug-likeness (QED) is 0.758. The first-order valence-corrected chi connectivity index (χ1v) is 6.70. The molecule has 1 aliphatic carbocycles. The molecule has 0 saturated heterocycles. The highest BCUT2D eigenvalue weighted by molar-refractivity contribution is 9.10. The third-order valence-electron chi connectivity index (χ3n) is 3.46. The number of nitrogens with zero attached hydrogens (tertiary/aromatic N) is 1. The number of carbonyl (C=O) groups excluding carboxylic acids is 1. The number of ketones is 1. The predicted octanol–water partition coefficient (Wildman–Crippen LogP) is 4.25. The molecule has 0 spiro atoms. The molecule has 2 aromatic rings. The Kier molecular flexibility index (Phi) is 2.40. The van der Waals surface area contributed by atoms with Crippen molar-refractivity contribution in [1.29, 1.82) is 0 Å². The molecular formula is C14H14BrNO. The summed E-state index contributed by atoms with van der Waals surface area (Å²) in [5.41, 5.74) is 3.19. The number of benzene rings is 1. The van der Waals surface area contributed by atoms with Gasteiger partial charge in [-0.3, -0.25) is 4.79 Å². The van der Waals surface area contributed by atoms with Gasteiger partial charge < -0.3 is 4.57 Å². The smallest absolute Gasteiger partial charge is 0.176 e. The van der Waals surface area contributed by atoms with E-state index < -0.39 is 0 Å². The Hall–Kier alpha value is -1.09. The van der Waals surface area contributed by atoms with Crippen LogP contribution in [0.25, 0.3) is 10.9 Å². The highest BCUT2D eigenvalue weighted by atomic mass is 79.9. The zero-order valence-electron chi connectivity index (χ0n) is 9.96.